The fourth-order valence-corrected chi connectivity index (χ4v) is 8.78. The third-order valence-corrected chi connectivity index (χ3v) is 11.7. The second-order valence-corrected chi connectivity index (χ2v) is 14.9. The summed E-state index contributed by atoms with van der Waals surface area (Å²) in [6, 6.07) is 31.2. The highest BCUT2D eigenvalue weighted by Crippen LogP contribution is 2.39. The Morgan fingerprint density at radius 1 is 0.647 bits per heavy atom. The molecule has 0 saturated carbocycles. The van der Waals surface area contributed by atoms with E-state index in [1.165, 1.54) is 95.1 Å². The number of halogens is 1. The minimum atomic E-state index is 0.903. The van der Waals surface area contributed by atoms with E-state index in [1.807, 2.05) is 0 Å². The van der Waals surface area contributed by atoms with Crippen LogP contribution in [0.3, 0.4) is 0 Å². The Labute approximate surface area is 306 Å². The van der Waals surface area contributed by atoms with E-state index in [-0.39, 0.29) is 0 Å². The predicted molar refractivity (Wildman–Crippen MR) is 215 cm³/mol. The van der Waals surface area contributed by atoms with Crippen LogP contribution >= 0.6 is 11.6 Å². The van der Waals surface area contributed by atoms with Crippen molar-refractivity contribution in [1.29, 1.82) is 0 Å². The molecule has 3 heteroatoms. The summed E-state index contributed by atoms with van der Waals surface area (Å²) >= 11 is 7.29. The molecule has 0 bridgehead atoms. The minimum absolute atomic E-state index is 0.903. The molecule has 0 radical (unpaired) electrons. The standard InChI is InChI=1S/C48H43ClN2/c49-48-34(18-20-36-24-40(32-10-3-1-4-11-32)26-42-30-46-38(28-44(36)42)16-8-22-50-46)14-7-15-35(48)19-21-37-25-41(33-12-5-2-6-13-33)27-43-31-47-39(29-45(37)43)17-9-23-51-47/h1-6,10-13,18-21,24-25,28-31,50H,7-9,14-17,22-23,26-27H2/b21-19+,34-18+,36-20+. The van der Waals surface area contributed by atoms with E-state index in [9.17, 15) is 0 Å². The number of hydrogen-bond donors (Lipinski definition) is 1. The first kappa shape index (κ1) is 32.0. The lowest BCUT2D eigenvalue weighted by Crippen LogP contribution is -2.26. The lowest BCUT2D eigenvalue weighted by atomic mass is 9.82. The topological polar surface area (TPSA) is 24.4 Å². The first-order valence-electron chi connectivity index (χ1n) is 18.8. The number of anilines is 1. The molecule has 0 aromatic heterocycles. The third-order valence-electron chi connectivity index (χ3n) is 11.2. The quantitative estimate of drug-likeness (QED) is 0.223. The van der Waals surface area contributed by atoms with Gasteiger partial charge in [0, 0.05) is 23.8 Å². The molecular formula is C48H43ClN2. The Kier molecular flexibility index (Phi) is 8.79. The van der Waals surface area contributed by atoms with E-state index in [0.717, 1.165) is 69.5 Å². The molecule has 2 heterocycles. The van der Waals surface area contributed by atoms with Crippen LogP contribution in [-0.4, -0.2) is 13.1 Å². The second kappa shape index (κ2) is 14.0. The average Bonchev–Trinajstić information content (AvgIpc) is 3.18. The Bertz CT molecular complexity index is 2350. The van der Waals surface area contributed by atoms with Gasteiger partial charge in [0.1, 0.15) is 0 Å². The Morgan fingerprint density at radius 3 is 2.24 bits per heavy atom. The minimum Gasteiger partial charge on any atom is -0.385 e. The van der Waals surface area contributed by atoms with E-state index in [1.54, 1.807) is 0 Å². The largest absolute Gasteiger partial charge is 0.385 e. The summed E-state index contributed by atoms with van der Waals surface area (Å²) in [6.45, 7) is 1.98. The van der Waals surface area contributed by atoms with E-state index < -0.39 is 0 Å². The molecule has 3 aliphatic carbocycles. The van der Waals surface area contributed by atoms with Gasteiger partial charge >= 0.3 is 0 Å². The van der Waals surface area contributed by atoms with Crippen LogP contribution in [0.4, 0.5) is 5.69 Å². The van der Waals surface area contributed by atoms with Gasteiger partial charge in [-0.2, -0.15) is 0 Å². The van der Waals surface area contributed by atoms with Gasteiger partial charge in [0.05, 0.1) is 5.36 Å². The first-order chi connectivity index (χ1) is 25.2. The fourth-order valence-electron chi connectivity index (χ4n) is 8.47. The number of benzene rings is 4. The molecule has 252 valence electrons. The number of nitrogens with one attached hydrogen (secondary N) is 1. The molecule has 0 fully saturated rings. The molecule has 0 amide bonds. The summed E-state index contributed by atoms with van der Waals surface area (Å²) in [5, 5.41) is 7.07. The van der Waals surface area contributed by atoms with Crippen molar-refractivity contribution < 1.29 is 0 Å². The Hall–Kier alpha value is -4.92. The van der Waals surface area contributed by atoms with Gasteiger partial charge < -0.3 is 5.32 Å². The van der Waals surface area contributed by atoms with Crippen molar-refractivity contribution in [3.8, 4) is 0 Å². The van der Waals surface area contributed by atoms with Gasteiger partial charge in [0.25, 0.3) is 0 Å². The molecule has 2 aliphatic heterocycles. The number of rotatable bonds is 5. The SMILES string of the molecule is ClC1=C(/C=C/C2=c3cc4c(cc3CC(c3ccccc3)=C2)=NCCC4)CCC/C1=C\C=C1/C=C(c2ccccc2)Cc2cc3c(cc21)CCCN3. The van der Waals surface area contributed by atoms with Gasteiger partial charge in [0.2, 0.25) is 0 Å². The summed E-state index contributed by atoms with van der Waals surface area (Å²) in [5.74, 6) is 0. The Morgan fingerprint density at radius 2 is 1.41 bits per heavy atom. The summed E-state index contributed by atoms with van der Waals surface area (Å²) in [7, 11) is 0. The van der Waals surface area contributed by atoms with Crippen molar-refractivity contribution in [1.82, 2.24) is 0 Å². The fraction of sp³-hybridized carbons (Fsp3) is 0.229. The van der Waals surface area contributed by atoms with Crippen LogP contribution in [0, 0.1) is 0 Å². The smallest absolute Gasteiger partial charge is 0.0609 e. The van der Waals surface area contributed by atoms with Crippen molar-refractivity contribution in [2.75, 3.05) is 18.4 Å². The lowest BCUT2D eigenvalue weighted by molar-refractivity contribution is 0.766. The number of allylic oxidation sites excluding steroid dienone is 12. The number of aryl methyl sites for hydroxylation is 2. The summed E-state index contributed by atoms with van der Waals surface area (Å²) in [5.41, 5.74) is 18.5. The van der Waals surface area contributed by atoms with Crippen LogP contribution in [0.5, 0.6) is 0 Å². The Balaban J connectivity index is 1.09. The summed E-state index contributed by atoms with van der Waals surface area (Å²) < 4.78 is 0. The molecule has 1 N–H and O–H groups in total. The van der Waals surface area contributed by atoms with Gasteiger partial charge in [-0.3, -0.25) is 4.99 Å². The first-order valence-corrected chi connectivity index (χ1v) is 19.1. The van der Waals surface area contributed by atoms with Crippen LogP contribution in [-0.2, 0) is 25.7 Å². The monoisotopic (exact) mass is 682 g/mol. The van der Waals surface area contributed by atoms with Crippen molar-refractivity contribution in [2.24, 2.45) is 4.99 Å². The molecule has 4 aromatic carbocycles. The van der Waals surface area contributed by atoms with Crippen molar-refractivity contribution in [3.63, 3.8) is 0 Å². The van der Waals surface area contributed by atoms with E-state index in [0.29, 0.717) is 0 Å². The van der Waals surface area contributed by atoms with Crippen LogP contribution < -0.4 is 15.9 Å². The molecule has 9 rings (SSSR count). The summed E-state index contributed by atoms with van der Waals surface area (Å²) in [4.78, 5) is 4.87. The van der Waals surface area contributed by atoms with Gasteiger partial charge in [-0.1, -0.05) is 109 Å². The normalized spacial score (nSPS) is 19.8. The number of fused-ring (bicyclic) bond motifs is 4. The van der Waals surface area contributed by atoms with E-state index >= 15 is 0 Å². The van der Waals surface area contributed by atoms with Crippen molar-refractivity contribution in [2.45, 2.75) is 57.8 Å². The zero-order valence-corrected chi connectivity index (χ0v) is 29.9. The molecule has 4 aromatic rings. The average molecular weight is 683 g/mol. The molecule has 0 spiro atoms. The predicted octanol–water partition coefficient (Wildman–Crippen LogP) is 10.3. The molecule has 0 saturated heterocycles. The maximum atomic E-state index is 7.29. The van der Waals surface area contributed by atoms with Crippen LogP contribution in [0.15, 0.2) is 143 Å². The van der Waals surface area contributed by atoms with Gasteiger partial charge in [0.15, 0.2) is 0 Å². The van der Waals surface area contributed by atoms with Gasteiger partial charge in [-0.25, -0.2) is 0 Å². The van der Waals surface area contributed by atoms with Crippen molar-refractivity contribution in [3.05, 3.63) is 187 Å². The zero-order valence-electron chi connectivity index (χ0n) is 29.2. The van der Waals surface area contributed by atoms with Gasteiger partial charge in [-0.05, 0) is 160 Å². The highest BCUT2D eigenvalue weighted by molar-refractivity contribution is 6.32. The van der Waals surface area contributed by atoms with E-state index in [4.69, 9.17) is 16.6 Å². The molecule has 0 unspecified atom stereocenters. The lowest BCUT2D eigenvalue weighted by Gasteiger charge is -2.25. The molecule has 2 nitrogen and oxygen atoms in total. The van der Waals surface area contributed by atoms with Crippen LogP contribution in [0.2, 0.25) is 0 Å². The van der Waals surface area contributed by atoms with Gasteiger partial charge in [-0.15, -0.1) is 0 Å². The number of hydrogen-bond acceptors (Lipinski definition) is 2. The highest BCUT2D eigenvalue weighted by atomic mass is 35.5. The maximum Gasteiger partial charge on any atom is 0.0609 e. The maximum absolute atomic E-state index is 7.29. The molecular weight excluding hydrogens is 640 g/mol. The van der Waals surface area contributed by atoms with E-state index in [2.05, 4.69) is 127 Å². The van der Waals surface area contributed by atoms with Crippen LogP contribution in [0.1, 0.15) is 71.0 Å². The summed E-state index contributed by atoms with van der Waals surface area (Å²) in [6.07, 6.45) is 23.5. The molecule has 51 heavy (non-hydrogen) atoms. The number of nitrogens with zero attached hydrogens (tertiary/aromatic N) is 1. The van der Waals surface area contributed by atoms with Crippen LogP contribution in [0.25, 0.3) is 22.3 Å². The second-order valence-electron chi connectivity index (χ2n) is 14.5. The third kappa shape index (κ3) is 6.54. The zero-order chi connectivity index (χ0) is 34.1. The molecule has 0 atom stereocenters. The van der Waals surface area contributed by atoms with Crippen molar-refractivity contribution >= 4 is 39.6 Å². The molecule has 5 aliphatic rings. The highest BCUT2D eigenvalue weighted by Gasteiger charge is 2.21.